The zero-order valence-corrected chi connectivity index (χ0v) is 16.5. The molecule has 2 aromatic heterocycles. The van der Waals surface area contributed by atoms with Crippen LogP contribution in [0.25, 0.3) is 0 Å². The highest BCUT2D eigenvalue weighted by atomic mass is 35.5. The molecule has 2 heterocycles. The van der Waals surface area contributed by atoms with Crippen LogP contribution in [0.5, 0.6) is 0 Å². The number of halogens is 1. The second-order valence-corrected chi connectivity index (χ2v) is 8.85. The molecule has 27 heavy (non-hydrogen) atoms. The summed E-state index contributed by atoms with van der Waals surface area (Å²) >= 11 is 6.87. The van der Waals surface area contributed by atoms with E-state index in [0.29, 0.717) is 16.4 Å². The van der Waals surface area contributed by atoms with Gasteiger partial charge in [0.15, 0.2) is 5.13 Å². The van der Waals surface area contributed by atoms with Crippen LogP contribution < -0.4 is 10.0 Å². The lowest BCUT2D eigenvalue weighted by atomic mass is 10.3. The molecule has 0 bridgehead atoms. The van der Waals surface area contributed by atoms with Crippen LogP contribution in [0.15, 0.2) is 53.7 Å². The van der Waals surface area contributed by atoms with E-state index in [1.54, 1.807) is 25.4 Å². The number of anilines is 1. The van der Waals surface area contributed by atoms with Gasteiger partial charge in [-0.15, -0.1) is 11.3 Å². The smallest absolute Gasteiger partial charge is 0.271 e. The number of rotatable bonds is 6. The monoisotopic (exact) mass is 422 g/mol. The van der Waals surface area contributed by atoms with Crippen molar-refractivity contribution in [1.29, 1.82) is 0 Å². The molecule has 7 nitrogen and oxygen atoms in total. The molecular formula is C17H15ClN4O3S2. The second-order valence-electron chi connectivity index (χ2n) is 5.53. The Morgan fingerprint density at radius 2 is 1.96 bits per heavy atom. The van der Waals surface area contributed by atoms with Crippen molar-refractivity contribution in [1.82, 2.24) is 15.3 Å². The van der Waals surface area contributed by atoms with Crippen molar-refractivity contribution in [2.24, 2.45) is 0 Å². The first-order valence-electron chi connectivity index (χ1n) is 7.78. The van der Waals surface area contributed by atoms with E-state index >= 15 is 0 Å². The van der Waals surface area contributed by atoms with E-state index in [0.717, 1.165) is 16.9 Å². The summed E-state index contributed by atoms with van der Waals surface area (Å²) in [6, 6.07) is 9.38. The van der Waals surface area contributed by atoms with Crippen LogP contribution in [0, 0.1) is 6.92 Å². The quantitative estimate of drug-likeness (QED) is 0.635. The van der Waals surface area contributed by atoms with Crippen LogP contribution in [-0.2, 0) is 16.6 Å². The van der Waals surface area contributed by atoms with E-state index in [4.69, 9.17) is 11.6 Å². The number of sulfonamides is 1. The SMILES string of the molecule is Cc1sc(NS(=O)(=O)c2ccc(Cl)cc2)nc1C(=O)NCc1cccnc1. The van der Waals surface area contributed by atoms with Gasteiger partial charge in [-0.25, -0.2) is 13.4 Å². The number of nitrogens with one attached hydrogen (secondary N) is 2. The highest BCUT2D eigenvalue weighted by Gasteiger charge is 2.20. The Morgan fingerprint density at radius 1 is 1.22 bits per heavy atom. The minimum Gasteiger partial charge on any atom is -0.347 e. The molecule has 0 saturated heterocycles. The average Bonchev–Trinajstić information content (AvgIpc) is 3.00. The standard InChI is InChI=1S/C17H15ClN4O3S2/c1-11-15(16(23)20-10-12-3-2-8-19-9-12)21-17(26-11)22-27(24,25)14-6-4-13(18)5-7-14/h2-9H,10H2,1H3,(H,20,23)(H,21,22). The fourth-order valence-electron chi connectivity index (χ4n) is 2.21. The summed E-state index contributed by atoms with van der Waals surface area (Å²) in [5.74, 6) is -0.385. The molecule has 1 aromatic carbocycles. The van der Waals surface area contributed by atoms with Crippen molar-refractivity contribution in [2.75, 3.05) is 4.72 Å². The van der Waals surface area contributed by atoms with Crippen LogP contribution in [-0.4, -0.2) is 24.3 Å². The van der Waals surface area contributed by atoms with Crippen molar-refractivity contribution in [3.05, 3.63) is 69.9 Å². The van der Waals surface area contributed by atoms with Gasteiger partial charge in [-0.2, -0.15) is 0 Å². The summed E-state index contributed by atoms with van der Waals surface area (Å²) in [7, 11) is -3.82. The summed E-state index contributed by atoms with van der Waals surface area (Å²) < 4.78 is 27.2. The second kappa shape index (κ2) is 8.03. The van der Waals surface area contributed by atoms with Crippen LogP contribution in [0.1, 0.15) is 20.9 Å². The van der Waals surface area contributed by atoms with Gasteiger partial charge in [-0.05, 0) is 42.8 Å². The number of hydrogen-bond acceptors (Lipinski definition) is 6. The van der Waals surface area contributed by atoms with Crippen LogP contribution in [0.3, 0.4) is 0 Å². The Morgan fingerprint density at radius 3 is 2.63 bits per heavy atom. The molecule has 0 aliphatic heterocycles. The van der Waals surface area contributed by atoms with E-state index in [1.807, 2.05) is 6.07 Å². The minimum atomic E-state index is -3.82. The zero-order valence-electron chi connectivity index (χ0n) is 14.1. The first kappa shape index (κ1) is 19.3. The van der Waals surface area contributed by atoms with Gasteiger partial charge in [0, 0.05) is 28.8 Å². The number of amides is 1. The fraction of sp³-hybridized carbons (Fsp3) is 0.118. The lowest BCUT2D eigenvalue weighted by molar-refractivity contribution is 0.0946. The fourth-order valence-corrected chi connectivity index (χ4v) is 4.38. The van der Waals surface area contributed by atoms with Crippen molar-refractivity contribution >= 4 is 44.0 Å². The molecule has 0 aliphatic carbocycles. The first-order chi connectivity index (χ1) is 12.8. The van der Waals surface area contributed by atoms with Gasteiger partial charge in [-0.1, -0.05) is 17.7 Å². The molecule has 1 amide bonds. The largest absolute Gasteiger partial charge is 0.347 e. The van der Waals surface area contributed by atoms with Gasteiger partial charge >= 0.3 is 0 Å². The summed E-state index contributed by atoms with van der Waals surface area (Å²) in [6.07, 6.45) is 3.30. The van der Waals surface area contributed by atoms with Gasteiger partial charge in [0.1, 0.15) is 5.69 Å². The molecule has 2 N–H and O–H groups in total. The molecule has 0 aliphatic rings. The Kier molecular flexibility index (Phi) is 5.73. The predicted molar refractivity (Wildman–Crippen MR) is 105 cm³/mol. The van der Waals surface area contributed by atoms with E-state index in [-0.39, 0.29) is 21.6 Å². The van der Waals surface area contributed by atoms with E-state index < -0.39 is 10.0 Å². The van der Waals surface area contributed by atoms with Gasteiger partial charge in [-0.3, -0.25) is 14.5 Å². The summed E-state index contributed by atoms with van der Waals surface area (Å²) in [5, 5.41) is 3.30. The van der Waals surface area contributed by atoms with Crippen LogP contribution >= 0.6 is 22.9 Å². The number of pyridine rings is 1. The maximum absolute atomic E-state index is 12.4. The minimum absolute atomic E-state index is 0.0577. The number of aryl methyl sites for hydroxylation is 1. The van der Waals surface area contributed by atoms with E-state index in [1.165, 1.54) is 24.3 Å². The third-order valence-corrected chi connectivity index (χ3v) is 6.16. The molecule has 10 heteroatoms. The third-order valence-electron chi connectivity index (χ3n) is 3.53. The molecule has 0 fully saturated rings. The molecule has 0 saturated carbocycles. The number of carbonyl (C=O) groups excluding carboxylic acids is 1. The number of carbonyl (C=O) groups is 1. The first-order valence-corrected chi connectivity index (χ1v) is 10.5. The predicted octanol–water partition coefficient (Wildman–Crippen LogP) is 3.23. The zero-order chi connectivity index (χ0) is 19.4. The summed E-state index contributed by atoms with van der Waals surface area (Å²) in [4.78, 5) is 21.1. The number of thiazole rings is 1. The van der Waals surface area contributed by atoms with Crippen molar-refractivity contribution < 1.29 is 13.2 Å². The molecule has 3 aromatic rings. The topological polar surface area (TPSA) is 101 Å². The Labute approximate surface area is 165 Å². The van der Waals surface area contributed by atoms with Gasteiger partial charge < -0.3 is 5.32 Å². The Bertz CT molecular complexity index is 1050. The number of nitrogens with zero attached hydrogens (tertiary/aromatic N) is 2. The summed E-state index contributed by atoms with van der Waals surface area (Å²) in [5.41, 5.74) is 1.03. The van der Waals surface area contributed by atoms with Gasteiger partial charge in [0.2, 0.25) is 0 Å². The summed E-state index contributed by atoms with van der Waals surface area (Å²) in [6.45, 7) is 2.01. The maximum Gasteiger partial charge on any atom is 0.271 e. The third kappa shape index (κ3) is 4.82. The molecule has 0 spiro atoms. The molecule has 0 atom stereocenters. The highest BCUT2D eigenvalue weighted by Crippen LogP contribution is 2.25. The molecule has 0 radical (unpaired) electrons. The number of hydrogen-bond donors (Lipinski definition) is 2. The molecule has 3 rings (SSSR count). The van der Waals surface area contributed by atoms with Crippen molar-refractivity contribution in [3.8, 4) is 0 Å². The average molecular weight is 423 g/mol. The number of aromatic nitrogens is 2. The lowest BCUT2D eigenvalue weighted by Gasteiger charge is -2.05. The lowest BCUT2D eigenvalue weighted by Crippen LogP contribution is -2.24. The van der Waals surface area contributed by atoms with Crippen molar-refractivity contribution in [3.63, 3.8) is 0 Å². The number of benzene rings is 1. The maximum atomic E-state index is 12.4. The van der Waals surface area contributed by atoms with Gasteiger partial charge in [0.25, 0.3) is 15.9 Å². The van der Waals surface area contributed by atoms with Crippen molar-refractivity contribution in [2.45, 2.75) is 18.4 Å². The molecule has 140 valence electrons. The van der Waals surface area contributed by atoms with Crippen LogP contribution in [0.4, 0.5) is 5.13 Å². The molecule has 0 unspecified atom stereocenters. The molecular weight excluding hydrogens is 408 g/mol. The Hall–Kier alpha value is -2.49. The van der Waals surface area contributed by atoms with Gasteiger partial charge in [0.05, 0.1) is 4.90 Å². The highest BCUT2D eigenvalue weighted by molar-refractivity contribution is 7.93. The normalized spacial score (nSPS) is 11.2. The van der Waals surface area contributed by atoms with E-state index in [2.05, 4.69) is 20.0 Å². The van der Waals surface area contributed by atoms with E-state index in [9.17, 15) is 13.2 Å². The van der Waals surface area contributed by atoms with Crippen LogP contribution in [0.2, 0.25) is 5.02 Å². The Balaban J connectivity index is 1.72.